The minimum Gasteiger partial charge on any atom is -0.435 e. The number of amides is 1. The van der Waals surface area contributed by atoms with Gasteiger partial charge in [0, 0.05) is 17.9 Å². The molecule has 0 spiro atoms. The smallest absolute Gasteiger partial charge is 0.435 e. The molecule has 8 heteroatoms. The van der Waals surface area contributed by atoms with Crippen LogP contribution in [0.4, 0.5) is 4.79 Å². The molecule has 2 atom stereocenters. The molecule has 1 saturated heterocycles. The van der Waals surface area contributed by atoms with Crippen LogP contribution in [-0.2, 0) is 14.3 Å². The predicted molar refractivity (Wildman–Crippen MR) is 90.5 cm³/mol. The number of benzene rings is 1. The van der Waals surface area contributed by atoms with Crippen molar-refractivity contribution in [2.45, 2.75) is 50.1 Å². The molecule has 24 heavy (non-hydrogen) atoms. The molecule has 1 fully saturated rings. The Hall–Kier alpha value is -1.15. The summed E-state index contributed by atoms with van der Waals surface area (Å²) < 4.78 is 29.6. The monoisotopic (exact) mass is 376 g/mol. The standard InChI is InChI=1S/C16H22ClNO5S/c1-16(2,3)18(15(19)20)10-4-5-13(18)11-23-24(21,22)14-8-6-12(17)7-9-14/h6-9,13H,4-5,10-11H2,1-3H3/p+1/t13-,18?/m0/s1. The molecule has 1 aliphatic heterocycles. The van der Waals surface area contributed by atoms with Crippen LogP contribution in [0.1, 0.15) is 33.6 Å². The Morgan fingerprint density at radius 1 is 1.33 bits per heavy atom. The maximum absolute atomic E-state index is 12.3. The van der Waals surface area contributed by atoms with Gasteiger partial charge in [-0.1, -0.05) is 11.6 Å². The molecular weight excluding hydrogens is 354 g/mol. The predicted octanol–water partition coefficient (Wildman–Crippen LogP) is 3.50. The van der Waals surface area contributed by atoms with Crippen molar-refractivity contribution in [1.29, 1.82) is 0 Å². The van der Waals surface area contributed by atoms with E-state index in [0.717, 1.165) is 6.42 Å². The molecule has 1 amide bonds. The van der Waals surface area contributed by atoms with Crippen LogP contribution in [0.5, 0.6) is 0 Å². The average Bonchev–Trinajstić information content (AvgIpc) is 2.90. The van der Waals surface area contributed by atoms with Gasteiger partial charge in [-0.15, -0.1) is 0 Å². The molecule has 0 aromatic heterocycles. The van der Waals surface area contributed by atoms with Crippen molar-refractivity contribution in [3.05, 3.63) is 29.3 Å². The van der Waals surface area contributed by atoms with E-state index in [1.54, 1.807) is 0 Å². The molecule has 1 aliphatic rings. The van der Waals surface area contributed by atoms with Crippen molar-refractivity contribution in [3.8, 4) is 0 Å². The minimum absolute atomic E-state index is 0.00841. The first-order valence-electron chi connectivity index (χ1n) is 7.77. The van der Waals surface area contributed by atoms with Gasteiger partial charge in [-0.2, -0.15) is 13.2 Å². The van der Waals surface area contributed by atoms with Crippen molar-refractivity contribution < 1.29 is 27.0 Å². The average molecular weight is 377 g/mol. The summed E-state index contributed by atoms with van der Waals surface area (Å²) in [5, 5.41) is 10.2. The minimum atomic E-state index is -3.95. The van der Waals surface area contributed by atoms with Gasteiger partial charge in [0.25, 0.3) is 10.1 Å². The normalized spacial score (nSPS) is 24.9. The van der Waals surface area contributed by atoms with Crippen LogP contribution in [-0.4, -0.2) is 48.8 Å². The lowest BCUT2D eigenvalue weighted by molar-refractivity contribution is -0.914. The Bertz CT molecular complexity index is 711. The number of nitrogens with zero attached hydrogens (tertiary/aromatic N) is 1. The van der Waals surface area contributed by atoms with E-state index in [4.69, 9.17) is 15.8 Å². The summed E-state index contributed by atoms with van der Waals surface area (Å²) in [5.74, 6) is 0. The van der Waals surface area contributed by atoms with Gasteiger partial charge in [0.1, 0.15) is 18.2 Å². The second-order valence-corrected chi connectivity index (χ2v) is 9.09. The Labute approximate surface area is 147 Å². The Kier molecular flexibility index (Phi) is 5.30. The topological polar surface area (TPSA) is 80.7 Å². The highest BCUT2D eigenvalue weighted by Crippen LogP contribution is 2.37. The van der Waals surface area contributed by atoms with E-state index in [0.29, 0.717) is 18.0 Å². The molecule has 1 unspecified atom stereocenters. The first kappa shape index (κ1) is 19.2. The SMILES string of the molecule is CC(C)(C)[N+]1(C(=O)O)CCC[C@H]1COS(=O)(=O)c1ccc(Cl)cc1. The van der Waals surface area contributed by atoms with E-state index in [1.807, 2.05) is 20.8 Å². The van der Waals surface area contributed by atoms with Gasteiger partial charge in [-0.05, 0) is 45.0 Å². The third-order valence-electron chi connectivity index (χ3n) is 4.73. The lowest BCUT2D eigenvalue weighted by Gasteiger charge is -2.44. The van der Waals surface area contributed by atoms with E-state index >= 15 is 0 Å². The lowest BCUT2D eigenvalue weighted by Crippen LogP contribution is -2.66. The lowest BCUT2D eigenvalue weighted by atomic mass is 10.00. The van der Waals surface area contributed by atoms with E-state index in [-0.39, 0.29) is 16.0 Å². The Morgan fingerprint density at radius 2 is 1.92 bits per heavy atom. The van der Waals surface area contributed by atoms with E-state index < -0.39 is 27.8 Å². The highest BCUT2D eigenvalue weighted by atomic mass is 35.5. The summed E-state index contributed by atoms with van der Waals surface area (Å²) in [6.45, 7) is 5.87. The van der Waals surface area contributed by atoms with Crippen LogP contribution in [0, 0.1) is 0 Å². The van der Waals surface area contributed by atoms with Crippen molar-refractivity contribution in [3.63, 3.8) is 0 Å². The van der Waals surface area contributed by atoms with Gasteiger partial charge >= 0.3 is 6.09 Å². The van der Waals surface area contributed by atoms with E-state index in [2.05, 4.69) is 0 Å². The van der Waals surface area contributed by atoms with Gasteiger partial charge in [0.2, 0.25) is 0 Å². The Morgan fingerprint density at radius 3 is 2.42 bits per heavy atom. The zero-order chi connectivity index (χ0) is 18.2. The third kappa shape index (κ3) is 3.44. The fourth-order valence-electron chi connectivity index (χ4n) is 3.45. The van der Waals surface area contributed by atoms with E-state index in [9.17, 15) is 18.3 Å². The van der Waals surface area contributed by atoms with Crippen LogP contribution in [0.2, 0.25) is 5.02 Å². The zero-order valence-corrected chi connectivity index (χ0v) is 15.6. The van der Waals surface area contributed by atoms with Gasteiger partial charge in [0.15, 0.2) is 0 Å². The van der Waals surface area contributed by atoms with Crippen molar-refractivity contribution in [2.75, 3.05) is 13.2 Å². The van der Waals surface area contributed by atoms with Gasteiger partial charge in [-0.25, -0.2) is 4.48 Å². The fourth-order valence-corrected chi connectivity index (χ4v) is 4.52. The molecule has 0 saturated carbocycles. The second kappa shape index (κ2) is 6.63. The highest BCUT2D eigenvalue weighted by Gasteiger charge is 2.56. The molecule has 1 aromatic carbocycles. The number of likely N-dealkylation sites (tertiary alicyclic amines) is 1. The van der Waals surface area contributed by atoms with Crippen LogP contribution in [0.15, 0.2) is 29.2 Å². The first-order valence-corrected chi connectivity index (χ1v) is 9.56. The van der Waals surface area contributed by atoms with E-state index in [1.165, 1.54) is 24.3 Å². The third-order valence-corrected chi connectivity index (χ3v) is 6.28. The maximum Gasteiger partial charge on any atom is 0.514 e. The highest BCUT2D eigenvalue weighted by molar-refractivity contribution is 7.86. The zero-order valence-electron chi connectivity index (χ0n) is 14.0. The molecule has 6 nitrogen and oxygen atoms in total. The summed E-state index contributed by atoms with van der Waals surface area (Å²) in [5.41, 5.74) is -0.555. The summed E-state index contributed by atoms with van der Waals surface area (Å²) in [6, 6.07) is 5.27. The fraction of sp³-hybridized carbons (Fsp3) is 0.562. The van der Waals surface area contributed by atoms with Gasteiger partial charge in [-0.3, -0.25) is 4.18 Å². The van der Waals surface area contributed by atoms with Gasteiger partial charge < -0.3 is 5.11 Å². The van der Waals surface area contributed by atoms with Crippen LogP contribution in [0.3, 0.4) is 0 Å². The molecule has 1 heterocycles. The quantitative estimate of drug-likeness (QED) is 0.642. The maximum atomic E-state index is 12.3. The molecule has 1 N–H and O–H groups in total. The first-order chi connectivity index (χ1) is 11.0. The number of halogens is 1. The van der Waals surface area contributed by atoms with Crippen molar-refractivity contribution in [1.82, 2.24) is 0 Å². The molecular formula is C16H23ClNO5S+. The number of rotatable bonds is 4. The molecule has 134 valence electrons. The van der Waals surface area contributed by atoms with Crippen molar-refractivity contribution in [2.24, 2.45) is 0 Å². The number of hydrogen-bond acceptors (Lipinski definition) is 4. The van der Waals surface area contributed by atoms with Crippen LogP contribution in [0.25, 0.3) is 0 Å². The second-order valence-electron chi connectivity index (χ2n) is 7.03. The summed E-state index contributed by atoms with van der Waals surface area (Å²) in [6.07, 6.45) is 0.385. The molecule has 0 radical (unpaired) electrons. The molecule has 2 rings (SSSR count). The molecule has 1 aromatic rings. The number of carbonyl (C=O) groups is 1. The number of quaternary nitrogens is 1. The van der Waals surface area contributed by atoms with Gasteiger partial charge in [0.05, 0.1) is 11.4 Å². The number of hydrogen-bond donors (Lipinski definition) is 1. The summed E-state index contributed by atoms with van der Waals surface area (Å²) in [7, 11) is -3.95. The summed E-state index contributed by atoms with van der Waals surface area (Å²) in [4.78, 5) is 12.0. The molecule has 0 bridgehead atoms. The Balaban J connectivity index is 2.21. The van der Waals surface area contributed by atoms with Crippen LogP contribution < -0.4 is 0 Å². The molecule has 0 aliphatic carbocycles. The largest absolute Gasteiger partial charge is 0.514 e. The number of carboxylic acid groups (broad SMARTS) is 1. The van der Waals surface area contributed by atoms with Crippen LogP contribution >= 0.6 is 11.6 Å². The van der Waals surface area contributed by atoms with Crippen molar-refractivity contribution >= 4 is 27.8 Å². The summed E-state index contributed by atoms with van der Waals surface area (Å²) >= 11 is 5.76.